The normalized spacial score (nSPS) is 20.2. The number of benzene rings is 2. The molecule has 3 aliphatic rings. The molecular weight excluding hydrogens is 508 g/mol. The predicted molar refractivity (Wildman–Crippen MR) is 152 cm³/mol. The van der Waals surface area contributed by atoms with Gasteiger partial charge in [-0.3, -0.25) is 9.59 Å². The molecule has 1 aliphatic heterocycles. The van der Waals surface area contributed by atoms with E-state index in [9.17, 15) is 19.2 Å². The van der Waals surface area contributed by atoms with Crippen molar-refractivity contribution in [3.05, 3.63) is 83.0 Å². The quantitative estimate of drug-likeness (QED) is 0.335. The summed E-state index contributed by atoms with van der Waals surface area (Å²) in [5.41, 5.74) is 3.31. The zero-order valence-corrected chi connectivity index (χ0v) is 22.6. The minimum atomic E-state index is -1.08. The van der Waals surface area contributed by atoms with Gasteiger partial charge >= 0.3 is 11.9 Å². The van der Waals surface area contributed by atoms with Gasteiger partial charge in [0.05, 0.1) is 16.7 Å². The number of carbonyl (C=O) groups is 3. The average molecular weight is 543 g/mol. The Bertz CT molecular complexity index is 1400. The van der Waals surface area contributed by atoms with Crippen LogP contribution in [-0.2, 0) is 20.8 Å². The van der Waals surface area contributed by atoms with Gasteiger partial charge in [-0.05, 0) is 74.3 Å². The van der Waals surface area contributed by atoms with Crippen molar-refractivity contribution >= 4 is 35.3 Å². The fourth-order valence-electron chi connectivity index (χ4n) is 5.63. The third-order valence-electron chi connectivity index (χ3n) is 7.93. The molecule has 5 rings (SSSR count). The van der Waals surface area contributed by atoms with Crippen molar-refractivity contribution in [2.24, 2.45) is 10.4 Å². The van der Waals surface area contributed by atoms with E-state index in [2.05, 4.69) is 11.1 Å². The number of rotatable bonds is 5. The first kappa shape index (κ1) is 28.7. The monoisotopic (exact) mass is 542 g/mol. The number of carboxylic acid groups (broad SMARTS) is 2. The molecule has 8 nitrogen and oxygen atoms in total. The zero-order chi connectivity index (χ0) is 28.7. The predicted octanol–water partition coefficient (Wildman–Crippen LogP) is 6.34. The number of allylic oxidation sites excluding steroid dienone is 2. The number of nitrogens with zero attached hydrogens (tertiary/aromatic N) is 2. The Balaban J connectivity index is 0.000000240. The van der Waals surface area contributed by atoms with Crippen LogP contribution >= 0.6 is 0 Å². The number of isocyanates is 1. The molecule has 8 heteroatoms. The van der Waals surface area contributed by atoms with E-state index in [4.69, 9.17) is 10.2 Å². The van der Waals surface area contributed by atoms with Gasteiger partial charge in [-0.1, -0.05) is 61.8 Å². The molecule has 2 aromatic carbocycles. The van der Waals surface area contributed by atoms with Crippen LogP contribution in [0.2, 0.25) is 0 Å². The lowest BCUT2D eigenvalue weighted by molar-refractivity contribution is -0.145. The van der Waals surface area contributed by atoms with Gasteiger partial charge in [-0.2, -0.15) is 4.99 Å². The molecule has 0 radical (unpaired) electrons. The molecule has 0 aromatic heterocycles. The number of fused-ring (bicyclic) bond motifs is 1. The highest BCUT2D eigenvalue weighted by atomic mass is 16.4. The Labute approximate surface area is 233 Å². The summed E-state index contributed by atoms with van der Waals surface area (Å²) in [6.45, 7) is 2.19. The summed E-state index contributed by atoms with van der Waals surface area (Å²) >= 11 is 0. The van der Waals surface area contributed by atoms with Crippen LogP contribution in [0.1, 0.15) is 79.3 Å². The van der Waals surface area contributed by atoms with Crippen LogP contribution in [0.3, 0.4) is 0 Å². The van der Waals surface area contributed by atoms with Crippen LogP contribution in [0.15, 0.2) is 71.3 Å². The number of aryl methyl sites for hydroxylation is 1. The second kappa shape index (κ2) is 12.7. The number of carboxylic acids is 2. The summed E-state index contributed by atoms with van der Waals surface area (Å²) in [6.07, 6.45) is 14.1. The van der Waals surface area contributed by atoms with E-state index in [0.717, 1.165) is 31.4 Å². The maximum atomic E-state index is 13.3. The Kier molecular flexibility index (Phi) is 9.12. The molecule has 208 valence electrons. The van der Waals surface area contributed by atoms with Crippen LogP contribution < -0.4 is 4.90 Å². The first-order chi connectivity index (χ1) is 19.2. The number of para-hydroxylation sites is 1. The number of aliphatic imine (C=N–C) groups is 1. The number of aliphatic carboxylic acids is 2. The SMILES string of the molecule is CC1(C(=O)O)C=CC=C(C(=O)O)C1.O=C=Nc1cc(C2CCCCC2)ccc1C(=O)N1CCCc2ccccc21. The Morgan fingerprint density at radius 3 is 2.48 bits per heavy atom. The van der Waals surface area contributed by atoms with Gasteiger partial charge in [0, 0.05) is 17.8 Å². The van der Waals surface area contributed by atoms with E-state index in [1.54, 1.807) is 6.08 Å². The number of anilines is 1. The van der Waals surface area contributed by atoms with E-state index < -0.39 is 17.4 Å². The smallest absolute Gasteiger partial charge is 0.331 e. The minimum Gasteiger partial charge on any atom is -0.481 e. The first-order valence-corrected chi connectivity index (χ1v) is 13.7. The molecule has 2 aromatic rings. The zero-order valence-electron chi connectivity index (χ0n) is 22.6. The Hall–Kier alpha value is -4.29. The molecule has 1 atom stereocenters. The van der Waals surface area contributed by atoms with Gasteiger partial charge in [0.25, 0.3) is 5.91 Å². The molecule has 40 heavy (non-hydrogen) atoms. The summed E-state index contributed by atoms with van der Waals surface area (Å²) in [5, 5.41) is 17.5. The van der Waals surface area contributed by atoms with E-state index in [0.29, 0.717) is 23.7 Å². The molecule has 1 unspecified atom stereocenters. The number of amides is 1. The van der Waals surface area contributed by atoms with Crippen LogP contribution in [-0.4, -0.2) is 40.7 Å². The maximum Gasteiger partial charge on any atom is 0.331 e. The number of hydrogen-bond donors (Lipinski definition) is 2. The maximum absolute atomic E-state index is 13.3. The lowest BCUT2D eigenvalue weighted by Gasteiger charge is -2.30. The summed E-state index contributed by atoms with van der Waals surface area (Å²) in [7, 11) is 0. The standard InChI is InChI=1S/C23H24N2O2.C9H10O4/c26-16-24-21-15-19(17-7-2-1-3-8-17)12-13-20(21)23(27)25-14-6-10-18-9-4-5-11-22(18)25;1-9(8(12)13)4-2-3-6(5-9)7(10)11/h4-5,9,11-13,15,17H,1-3,6-8,10,14H2;2-4H,5H2,1H3,(H,10,11)(H,12,13). The minimum absolute atomic E-state index is 0.0359. The molecule has 0 bridgehead atoms. The summed E-state index contributed by atoms with van der Waals surface area (Å²) in [6, 6.07) is 13.8. The average Bonchev–Trinajstić information content (AvgIpc) is 2.97. The summed E-state index contributed by atoms with van der Waals surface area (Å²) in [4.78, 5) is 51.3. The fraction of sp³-hybridized carbons (Fsp3) is 0.375. The van der Waals surface area contributed by atoms with Gasteiger partial charge in [-0.15, -0.1) is 0 Å². The lowest BCUT2D eigenvalue weighted by atomic mass is 9.80. The molecule has 0 spiro atoms. The van der Waals surface area contributed by atoms with Crippen molar-refractivity contribution in [3.8, 4) is 0 Å². The Morgan fingerprint density at radius 1 is 1.02 bits per heavy atom. The van der Waals surface area contributed by atoms with Crippen molar-refractivity contribution in [1.82, 2.24) is 0 Å². The molecular formula is C32H34N2O6. The topological polar surface area (TPSA) is 124 Å². The largest absolute Gasteiger partial charge is 0.481 e. The van der Waals surface area contributed by atoms with Crippen LogP contribution in [0.5, 0.6) is 0 Å². The summed E-state index contributed by atoms with van der Waals surface area (Å²) < 4.78 is 0. The molecule has 1 fully saturated rings. The third-order valence-corrected chi connectivity index (χ3v) is 7.93. The lowest BCUT2D eigenvalue weighted by Crippen LogP contribution is -2.35. The Morgan fingerprint density at radius 2 is 1.77 bits per heavy atom. The van der Waals surface area contributed by atoms with E-state index in [1.165, 1.54) is 55.5 Å². The second-order valence-corrected chi connectivity index (χ2v) is 10.8. The van der Waals surface area contributed by atoms with Gasteiger partial charge in [-0.25, -0.2) is 9.59 Å². The van der Waals surface area contributed by atoms with Crippen LogP contribution in [0.4, 0.5) is 11.4 Å². The van der Waals surface area contributed by atoms with Gasteiger partial charge in [0.1, 0.15) is 0 Å². The third kappa shape index (κ3) is 6.46. The van der Waals surface area contributed by atoms with Gasteiger partial charge in [0.2, 0.25) is 6.08 Å². The van der Waals surface area contributed by atoms with Crippen molar-refractivity contribution in [1.29, 1.82) is 0 Å². The highest BCUT2D eigenvalue weighted by molar-refractivity contribution is 6.10. The number of carbonyl (C=O) groups excluding carboxylic acids is 2. The highest BCUT2D eigenvalue weighted by Crippen LogP contribution is 2.36. The van der Waals surface area contributed by atoms with E-state index in [1.807, 2.05) is 41.3 Å². The van der Waals surface area contributed by atoms with Gasteiger partial charge in [0.15, 0.2) is 0 Å². The summed E-state index contributed by atoms with van der Waals surface area (Å²) in [5.74, 6) is -1.65. The van der Waals surface area contributed by atoms with Crippen molar-refractivity contribution in [2.45, 2.75) is 64.2 Å². The molecule has 0 saturated heterocycles. The van der Waals surface area contributed by atoms with Crippen molar-refractivity contribution < 1.29 is 29.4 Å². The molecule has 1 heterocycles. The van der Waals surface area contributed by atoms with Crippen LogP contribution in [0.25, 0.3) is 0 Å². The second-order valence-electron chi connectivity index (χ2n) is 10.8. The highest BCUT2D eigenvalue weighted by Gasteiger charge is 2.34. The van der Waals surface area contributed by atoms with E-state index >= 15 is 0 Å². The molecule has 1 amide bonds. The van der Waals surface area contributed by atoms with Gasteiger partial charge < -0.3 is 15.1 Å². The van der Waals surface area contributed by atoms with Crippen molar-refractivity contribution in [3.63, 3.8) is 0 Å². The van der Waals surface area contributed by atoms with Crippen LogP contribution in [0, 0.1) is 5.41 Å². The molecule has 2 aliphatic carbocycles. The molecule has 1 saturated carbocycles. The van der Waals surface area contributed by atoms with Crippen molar-refractivity contribution in [2.75, 3.05) is 11.4 Å². The number of hydrogen-bond acceptors (Lipinski definition) is 5. The van der Waals surface area contributed by atoms with E-state index in [-0.39, 0.29) is 17.9 Å². The molecule has 2 N–H and O–H groups in total. The first-order valence-electron chi connectivity index (χ1n) is 13.7. The fourth-order valence-corrected chi connectivity index (χ4v) is 5.63.